The lowest BCUT2D eigenvalue weighted by Gasteiger charge is -2.00. The molecule has 1 aromatic carbocycles. The molecular weight excluding hydrogens is 221 g/mol. The zero-order valence-electron chi connectivity index (χ0n) is 8.72. The smallest absolute Gasteiger partial charge is 0.181 e. The zero-order chi connectivity index (χ0) is 11.7. The van der Waals surface area contributed by atoms with Gasteiger partial charge in [0.1, 0.15) is 5.82 Å². The van der Waals surface area contributed by atoms with Crippen molar-refractivity contribution in [2.24, 2.45) is 0 Å². The van der Waals surface area contributed by atoms with Crippen LogP contribution in [0.5, 0.6) is 0 Å². The minimum absolute atomic E-state index is 0.343. The van der Waals surface area contributed by atoms with E-state index in [-0.39, 0.29) is 5.82 Å². The third kappa shape index (κ3) is 1.82. The lowest BCUT2D eigenvalue weighted by molar-refractivity contribution is 0.458. The summed E-state index contributed by atoms with van der Waals surface area (Å²) in [6.07, 6.45) is 3.34. The summed E-state index contributed by atoms with van der Waals surface area (Å²) in [5, 5.41) is 7.68. The van der Waals surface area contributed by atoms with Crippen LogP contribution in [0, 0.1) is 5.82 Å². The molecule has 5 heteroatoms. The minimum Gasteiger partial charge on any atom is -0.354 e. The molecule has 3 rings (SSSR count). The fourth-order valence-electron chi connectivity index (χ4n) is 1.57. The molecule has 0 unspecified atom stereocenters. The van der Waals surface area contributed by atoms with Gasteiger partial charge in [0.05, 0.1) is 5.39 Å². The standard InChI is InChI=1S/C12H8FN3O/c13-8-1-2-10-11(7-8)17-16-12(10)15-9-3-5-14-6-4-9/h1-7H,(H,14,15,16). The molecule has 1 N–H and O–H groups in total. The first kappa shape index (κ1) is 9.77. The highest BCUT2D eigenvalue weighted by Gasteiger charge is 2.08. The molecule has 0 aliphatic carbocycles. The second-order valence-corrected chi connectivity index (χ2v) is 3.53. The SMILES string of the molecule is Fc1ccc2c(Nc3ccncc3)noc2c1. The molecule has 0 saturated carbocycles. The average Bonchev–Trinajstić information content (AvgIpc) is 2.73. The molecule has 0 amide bonds. The van der Waals surface area contributed by atoms with Crippen LogP contribution in [0.2, 0.25) is 0 Å². The number of anilines is 2. The molecule has 2 heterocycles. The Labute approximate surface area is 96.1 Å². The van der Waals surface area contributed by atoms with Crippen molar-refractivity contribution < 1.29 is 8.91 Å². The van der Waals surface area contributed by atoms with Crippen LogP contribution in [-0.2, 0) is 0 Å². The van der Waals surface area contributed by atoms with E-state index in [4.69, 9.17) is 4.52 Å². The van der Waals surface area contributed by atoms with Crippen LogP contribution < -0.4 is 5.32 Å². The molecule has 0 aliphatic rings. The number of nitrogens with zero attached hydrogens (tertiary/aromatic N) is 2. The molecule has 84 valence electrons. The van der Waals surface area contributed by atoms with Gasteiger partial charge in [0.25, 0.3) is 0 Å². The second-order valence-electron chi connectivity index (χ2n) is 3.53. The van der Waals surface area contributed by atoms with Crippen LogP contribution in [-0.4, -0.2) is 10.1 Å². The van der Waals surface area contributed by atoms with Crippen molar-refractivity contribution in [1.29, 1.82) is 0 Å². The van der Waals surface area contributed by atoms with Crippen LogP contribution in [0.25, 0.3) is 11.0 Å². The van der Waals surface area contributed by atoms with Crippen LogP contribution in [0.15, 0.2) is 47.2 Å². The van der Waals surface area contributed by atoms with Crippen molar-refractivity contribution in [2.45, 2.75) is 0 Å². The minimum atomic E-state index is -0.343. The number of benzene rings is 1. The highest BCUT2D eigenvalue weighted by Crippen LogP contribution is 2.25. The maximum absolute atomic E-state index is 13.0. The third-order valence-electron chi connectivity index (χ3n) is 2.38. The summed E-state index contributed by atoms with van der Waals surface area (Å²) >= 11 is 0. The van der Waals surface area contributed by atoms with Gasteiger partial charge in [-0.15, -0.1) is 0 Å². The van der Waals surface area contributed by atoms with Gasteiger partial charge in [-0.25, -0.2) is 4.39 Å². The number of aromatic nitrogens is 2. The predicted octanol–water partition coefficient (Wildman–Crippen LogP) is 3.11. The largest absolute Gasteiger partial charge is 0.354 e. The van der Waals surface area contributed by atoms with Gasteiger partial charge >= 0.3 is 0 Å². The Morgan fingerprint density at radius 3 is 2.76 bits per heavy atom. The van der Waals surface area contributed by atoms with E-state index in [9.17, 15) is 4.39 Å². The number of hydrogen-bond acceptors (Lipinski definition) is 4. The fraction of sp³-hybridized carbons (Fsp3) is 0. The Balaban J connectivity index is 2.01. The lowest BCUT2D eigenvalue weighted by atomic mass is 10.2. The normalized spacial score (nSPS) is 10.6. The number of fused-ring (bicyclic) bond motifs is 1. The molecule has 0 atom stereocenters. The molecule has 0 saturated heterocycles. The first-order valence-corrected chi connectivity index (χ1v) is 5.05. The molecule has 17 heavy (non-hydrogen) atoms. The van der Waals surface area contributed by atoms with E-state index in [1.165, 1.54) is 12.1 Å². The summed E-state index contributed by atoms with van der Waals surface area (Å²) in [6.45, 7) is 0. The van der Waals surface area contributed by atoms with Crippen LogP contribution in [0.4, 0.5) is 15.9 Å². The van der Waals surface area contributed by atoms with E-state index in [0.717, 1.165) is 11.1 Å². The first-order valence-electron chi connectivity index (χ1n) is 5.05. The summed E-state index contributed by atoms with van der Waals surface area (Å²) in [5.74, 6) is 0.218. The Morgan fingerprint density at radius 2 is 1.94 bits per heavy atom. The van der Waals surface area contributed by atoms with Crippen LogP contribution in [0.3, 0.4) is 0 Å². The van der Waals surface area contributed by atoms with Gasteiger partial charge in [-0.2, -0.15) is 0 Å². The van der Waals surface area contributed by atoms with E-state index in [0.29, 0.717) is 11.4 Å². The quantitative estimate of drug-likeness (QED) is 0.733. The Hall–Kier alpha value is -2.43. The maximum Gasteiger partial charge on any atom is 0.181 e. The van der Waals surface area contributed by atoms with E-state index < -0.39 is 0 Å². The van der Waals surface area contributed by atoms with Gasteiger partial charge in [0.15, 0.2) is 11.4 Å². The molecular formula is C12H8FN3O. The summed E-state index contributed by atoms with van der Waals surface area (Å²) in [5.41, 5.74) is 1.26. The number of hydrogen-bond donors (Lipinski definition) is 1. The topological polar surface area (TPSA) is 51.0 Å². The molecule has 3 aromatic rings. The fourth-order valence-corrected chi connectivity index (χ4v) is 1.57. The van der Waals surface area contributed by atoms with Gasteiger partial charge in [0.2, 0.25) is 0 Å². The number of nitrogens with one attached hydrogen (secondary N) is 1. The predicted molar refractivity (Wildman–Crippen MR) is 61.5 cm³/mol. The third-order valence-corrected chi connectivity index (χ3v) is 2.38. The summed E-state index contributed by atoms with van der Waals surface area (Å²) in [6, 6.07) is 7.93. The van der Waals surface area contributed by atoms with Crippen molar-refractivity contribution in [3.63, 3.8) is 0 Å². The Kier molecular flexibility index (Phi) is 2.22. The first-order chi connectivity index (χ1) is 8.33. The van der Waals surface area contributed by atoms with Gasteiger partial charge in [-0.3, -0.25) is 4.98 Å². The van der Waals surface area contributed by atoms with Crippen molar-refractivity contribution in [2.75, 3.05) is 5.32 Å². The van der Waals surface area contributed by atoms with E-state index in [2.05, 4.69) is 15.5 Å². The van der Waals surface area contributed by atoms with Crippen molar-refractivity contribution >= 4 is 22.5 Å². The van der Waals surface area contributed by atoms with E-state index >= 15 is 0 Å². The van der Waals surface area contributed by atoms with E-state index in [1.54, 1.807) is 18.5 Å². The molecule has 0 aliphatic heterocycles. The van der Waals surface area contributed by atoms with Crippen molar-refractivity contribution in [1.82, 2.24) is 10.1 Å². The van der Waals surface area contributed by atoms with Gasteiger partial charge in [-0.05, 0) is 24.3 Å². The summed E-state index contributed by atoms with van der Waals surface area (Å²) in [7, 11) is 0. The maximum atomic E-state index is 13.0. The molecule has 0 radical (unpaired) electrons. The average molecular weight is 229 g/mol. The van der Waals surface area contributed by atoms with Crippen LogP contribution >= 0.6 is 0 Å². The zero-order valence-corrected chi connectivity index (χ0v) is 8.72. The molecule has 2 aromatic heterocycles. The van der Waals surface area contributed by atoms with Gasteiger partial charge in [-0.1, -0.05) is 5.16 Å². The molecule has 0 fully saturated rings. The van der Waals surface area contributed by atoms with Gasteiger partial charge < -0.3 is 9.84 Å². The monoisotopic (exact) mass is 229 g/mol. The Morgan fingerprint density at radius 1 is 1.12 bits per heavy atom. The summed E-state index contributed by atoms with van der Waals surface area (Å²) < 4.78 is 18.0. The molecule has 0 spiro atoms. The van der Waals surface area contributed by atoms with Crippen molar-refractivity contribution in [3.8, 4) is 0 Å². The lowest BCUT2D eigenvalue weighted by Crippen LogP contribution is -1.90. The highest BCUT2D eigenvalue weighted by molar-refractivity contribution is 5.89. The van der Waals surface area contributed by atoms with Crippen molar-refractivity contribution in [3.05, 3.63) is 48.5 Å². The molecule has 0 bridgehead atoms. The number of halogens is 1. The Bertz CT molecular complexity index is 651. The van der Waals surface area contributed by atoms with Crippen LogP contribution in [0.1, 0.15) is 0 Å². The number of rotatable bonds is 2. The highest BCUT2D eigenvalue weighted by atomic mass is 19.1. The second kappa shape index (κ2) is 3.86. The molecule has 4 nitrogen and oxygen atoms in total. The number of pyridine rings is 1. The van der Waals surface area contributed by atoms with E-state index in [1.807, 2.05) is 12.1 Å². The summed E-state index contributed by atoms with van der Waals surface area (Å²) in [4.78, 5) is 3.92. The van der Waals surface area contributed by atoms with Gasteiger partial charge in [0, 0.05) is 24.1 Å².